The fourth-order valence-electron chi connectivity index (χ4n) is 4.64. The summed E-state index contributed by atoms with van der Waals surface area (Å²) in [5, 5.41) is 1.08. The van der Waals surface area contributed by atoms with E-state index in [9.17, 15) is 9.59 Å². The number of benzene rings is 1. The summed E-state index contributed by atoms with van der Waals surface area (Å²) >= 11 is 1.36. The number of thioether (sulfide) groups is 1. The lowest BCUT2D eigenvalue weighted by molar-refractivity contribution is -0.128. The van der Waals surface area contributed by atoms with Crippen LogP contribution < -0.4 is 15.0 Å². The minimum absolute atomic E-state index is 0.106. The molecule has 0 bridgehead atoms. The summed E-state index contributed by atoms with van der Waals surface area (Å²) < 4.78 is 12.6. The molecule has 0 unspecified atom stereocenters. The number of aromatic nitrogens is 2. The summed E-state index contributed by atoms with van der Waals surface area (Å²) in [4.78, 5) is 33.5. The van der Waals surface area contributed by atoms with Crippen LogP contribution in [0.5, 0.6) is 11.5 Å². The molecular formula is C27H37N3O4S. The van der Waals surface area contributed by atoms with Crippen molar-refractivity contribution in [2.45, 2.75) is 70.0 Å². The zero-order chi connectivity index (χ0) is 24.8. The SMILES string of the molecule is CCCN(CC1CC1)C(=O)CSc1nc2cc(OC)c(OC)cc2c(=O)n1CCC1=CCCCC1. The van der Waals surface area contributed by atoms with Gasteiger partial charge in [-0.3, -0.25) is 14.2 Å². The molecule has 35 heavy (non-hydrogen) atoms. The predicted octanol–water partition coefficient (Wildman–Crippen LogP) is 5.04. The molecule has 0 N–H and O–H groups in total. The minimum Gasteiger partial charge on any atom is -0.493 e. The molecule has 8 heteroatoms. The Hall–Kier alpha value is -2.48. The molecule has 1 heterocycles. The summed E-state index contributed by atoms with van der Waals surface area (Å²) in [6.45, 7) is 4.28. The van der Waals surface area contributed by atoms with Crippen molar-refractivity contribution in [2.24, 2.45) is 5.92 Å². The van der Waals surface area contributed by atoms with Gasteiger partial charge in [-0.05, 0) is 63.4 Å². The van der Waals surface area contributed by atoms with Crippen LogP contribution in [0.25, 0.3) is 10.9 Å². The lowest BCUT2D eigenvalue weighted by Crippen LogP contribution is -2.35. The van der Waals surface area contributed by atoms with Gasteiger partial charge in [-0.25, -0.2) is 4.98 Å². The smallest absolute Gasteiger partial charge is 0.262 e. The molecule has 0 atom stereocenters. The predicted molar refractivity (Wildman–Crippen MR) is 141 cm³/mol. The molecule has 1 fully saturated rings. The average molecular weight is 500 g/mol. The second-order valence-electron chi connectivity index (χ2n) is 9.51. The van der Waals surface area contributed by atoms with Gasteiger partial charge in [0.05, 0.1) is 30.9 Å². The number of amides is 1. The van der Waals surface area contributed by atoms with Crippen LogP contribution in [0, 0.1) is 5.92 Å². The third-order valence-electron chi connectivity index (χ3n) is 6.81. The van der Waals surface area contributed by atoms with E-state index in [1.807, 2.05) is 4.90 Å². The molecule has 0 radical (unpaired) electrons. The van der Waals surface area contributed by atoms with Crippen LogP contribution in [-0.4, -0.2) is 53.4 Å². The van der Waals surface area contributed by atoms with Gasteiger partial charge >= 0.3 is 0 Å². The molecule has 1 amide bonds. The zero-order valence-corrected chi connectivity index (χ0v) is 22.0. The molecule has 0 spiro atoms. The maximum Gasteiger partial charge on any atom is 0.262 e. The molecule has 7 nitrogen and oxygen atoms in total. The first kappa shape index (κ1) is 25.6. The van der Waals surface area contributed by atoms with Crippen molar-refractivity contribution in [1.82, 2.24) is 14.5 Å². The number of carbonyl (C=O) groups excluding carboxylic acids is 1. The molecule has 190 valence electrons. The summed E-state index contributed by atoms with van der Waals surface area (Å²) in [6, 6.07) is 3.45. The van der Waals surface area contributed by atoms with Crippen molar-refractivity contribution in [3.05, 3.63) is 34.1 Å². The molecule has 0 saturated heterocycles. The molecule has 2 aliphatic carbocycles. The summed E-state index contributed by atoms with van der Waals surface area (Å²) in [7, 11) is 3.13. The van der Waals surface area contributed by atoms with E-state index in [1.54, 1.807) is 30.9 Å². The van der Waals surface area contributed by atoms with Crippen molar-refractivity contribution in [3.8, 4) is 11.5 Å². The number of nitrogens with zero attached hydrogens (tertiary/aromatic N) is 3. The Bertz CT molecular complexity index is 1140. The lowest BCUT2D eigenvalue weighted by Gasteiger charge is -2.22. The van der Waals surface area contributed by atoms with Crippen LogP contribution in [0.15, 0.2) is 33.7 Å². The number of ether oxygens (including phenoxy) is 2. The number of fused-ring (bicyclic) bond motifs is 1. The summed E-state index contributed by atoms with van der Waals surface area (Å²) in [6.07, 6.45) is 11.2. The second kappa shape index (κ2) is 12.0. The molecule has 2 aliphatic rings. The standard InChI is InChI=1S/C27H37N3O4S/c1-4-13-29(17-20-10-11-20)25(31)18-35-27-28-22-16-24(34-3)23(33-2)15-21(22)26(32)30(27)14-12-19-8-6-5-7-9-19/h8,15-16,20H,4-7,9-14,17-18H2,1-3H3. The summed E-state index contributed by atoms with van der Waals surface area (Å²) in [5.41, 5.74) is 1.85. The number of hydrogen-bond donors (Lipinski definition) is 0. The van der Waals surface area contributed by atoms with Crippen LogP contribution in [0.2, 0.25) is 0 Å². The highest BCUT2D eigenvalue weighted by Gasteiger charge is 2.26. The van der Waals surface area contributed by atoms with Crippen LogP contribution in [0.1, 0.15) is 58.3 Å². The lowest BCUT2D eigenvalue weighted by atomic mass is 9.97. The molecule has 0 aliphatic heterocycles. The third-order valence-corrected chi connectivity index (χ3v) is 7.77. The molecule has 2 aromatic rings. The van der Waals surface area contributed by atoms with Crippen molar-refractivity contribution < 1.29 is 14.3 Å². The van der Waals surface area contributed by atoms with Crippen LogP contribution >= 0.6 is 11.8 Å². The van der Waals surface area contributed by atoms with Gasteiger partial charge in [0, 0.05) is 25.7 Å². The summed E-state index contributed by atoms with van der Waals surface area (Å²) in [5.74, 6) is 2.08. The Morgan fingerprint density at radius 2 is 1.97 bits per heavy atom. The second-order valence-corrected chi connectivity index (χ2v) is 10.4. The number of hydrogen-bond acceptors (Lipinski definition) is 6. The Labute approximate surface area is 211 Å². The van der Waals surface area contributed by atoms with Crippen LogP contribution in [-0.2, 0) is 11.3 Å². The van der Waals surface area contributed by atoms with Crippen molar-refractivity contribution in [1.29, 1.82) is 0 Å². The van der Waals surface area contributed by atoms with Gasteiger partial charge in [-0.2, -0.15) is 0 Å². The van der Waals surface area contributed by atoms with E-state index >= 15 is 0 Å². The first-order valence-electron chi connectivity index (χ1n) is 12.8. The van der Waals surface area contributed by atoms with Gasteiger partial charge in [0.15, 0.2) is 16.7 Å². The number of methoxy groups -OCH3 is 2. The fraction of sp³-hybridized carbons (Fsp3) is 0.593. The molecule has 1 aromatic carbocycles. The van der Waals surface area contributed by atoms with E-state index < -0.39 is 0 Å². The van der Waals surface area contributed by atoms with Gasteiger partial charge in [0.2, 0.25) is 5.91 Å². The fourth-order valence-corrected chi connectivity index (χ4v) is 5.57. The first-order valence-corrected chi connectivity index (χ1v) is 13.8. The number of rotatable bonds is 12. The van der Waals surface area contributed by atoms with Crippen molar-refractivity contribution >= 4 is 28.6 Å². The normalized spacial score (nSPS) is 15.7. The Morgan fingerprint density at radius 1 is 1.20 bits per heavy atom. The monoisotopic (exact) mass is 499 g/mol. The average Bonchev–Trinajstić information content (AvgIpc) is 3.70. The van der Waals surface area contributed by atoms with Crippen molar-refractivity contribution in [3.63, 3.8) is 0 Å². The van der Waals surface area contributed by atoms with Gasteiger partial charge in [0.1, 0.15) is 0 Å². The molecule has 4 rings (SSSR count). The van der Waals surface area contributed by atoms with Crippen LogP contribution in [0.4, 0.5) is 0 Å². The van der Waals surface area contributed by atoms with E-state index in [0.717, 1.165) is 38.8 Å². The van der Waals surface area contributed by atoms with Gasteiger partial charge in [-0.15, -0.1) is 0 Å². The van der Waals surface area contributed by atoms with E-state index in [-0.39, 0.29) is 17.2 Å². The molecule has 1 aromatic heterocycles. The number of carbonyl (C=O) groups is 1. The quantitative estimate of drug-likeness (QED) is 0.231. The topological polar surface area (TPSA) is 73.7 Å². The Kier molecular flexibility index (Phi) is 8.76. The first-order chi connectivity index (χ1) is 17.0. The maximum absolute atomic E-state index is 13.6. The highest BCUT2D eigenvalue weighted by molar-refractivity contribution is 7.99. The Balaban J connectivity index is 1.63. The molecule has 1 saturated carbocycles. The maximum atomic E-state index is 13.6. The van der Waals surface area contributed by atoms with Gasteiger partial charge < -0.3 is 14.4 Å². The molecular weight excluding hydrogens is 462 g/mol. The van der Waals surface area contributed by atoms with E-state index in [4.69, 9.17) is 14.5 Å². The van der Waals surface area contributed by atoms with E-state index in [1.165, 1.54) is 43.0 Å². The van der Waals surface area contributed by atoms with Crippen LogP contribution in [0.3, 0.4) is 0 Å². The highest BCUT2D eigenvalue weighted by atomic mass is 32.2. The van der Waals surface area contributed by atoms with Gasteiger partial charge in [-0.1, -0.05) is 30.3 Å². The van der Waals surface area contributed by atoms with Gasteiger partial charge in [0.25, 0.3) is 5.56 Å². The zero-order valence-electron chi connectivity index (χ0n) is 21.2. The Morgan fingerprint density at radius 3 is 2.63 bits per heavy atom. The minimum atomic E-state index is -0.106. The highest BCUT2D eigenvalue weighted by Crippen LogP contribution is 2.32. The largest absolute Gasteiger partial charge is 0.493 e. The van der Waals surface area contributed by atoms with E-state index in [2.05, 4.69) is 13.0 Å². The third kappa shape index (κ3) is 6.40. The van der Waals surface area contributed by atoms with E-state index in [0.29, 0.717) is 40.0 Å². The number of allylic oxidation sites excluding steroid dienone is 2. The van der Waals surface area contributed by atoms with Crippen molar-refractivity contribution in [2.75, 3.05) is 33.1 Å².